The normalized spacial score (nSPS) is 25.9. The van der Waals surface area contributed by atoms with Gasteiger partial charge in [-0.15, -0.1) is 0 Å². The molecular formula is C17H28N2. The maximum absolute atomic E-state index is 5.80. The van der Waals surface area contributed by atoms with Crippen LogP contribution >= 0.6 is 0 Å². The molecule has 19 heavy (non-hydrogen) atoms. The van der Waals surface area contributed by atoms with Crippen LogP contribution < -0.4 is 11.3 Å². The second kappa shape index (κ2) is 5.64. The molecule has 4 unspecified atom stereocenters. The number of hydrogen-bond donors (Lipinski definition) is 2. The van der Waals surface area contributed by atoms with Crippen molar-refractivity contribution in [2.75, 3.05) is 0 Å². The van der Waals surface area contributed by atoms with Gasteiger partial charge in [0.25, 0.3) is 0 Å². The molecule has 0 heterocycles. The van der Waals surface area contributed by atoms with Crippen molar-refractivity contribution in [2.24, 2.45) is 23.1 Å². The molecule has 4 atom stereocenters. The summed E-state index contributed by atoms with van der Waals surface area (Å²) in [5.41, 5.74) is 4.89. The summed E-state index contributed by atoms with van der Waals surface area (Å²) in [7, 11) is 0. The molecule has 2 rings (SSSR count). The largest absolute Gasteiger partial charge is 0.271 e. The molecule has 1 aromatic rings. The standard InChI is InChI=1S/C17H28N2/c1-12(17(2,3)4)10-16(19-18)15-11-14(15)13-8-6-5-7-9-13/h5-9,12,14-16,19H,10-11,18H2,1-4H3. The first kappa shape index (κ1) is 14.5. The van der Waals surface area contributed by atoms with Crippen molar-refractivity contribution in [1.29, 1.82) is 0 Å². The lowest BCUT2D eigenvalue weighted by Gasteiger charge is -2.30. The Kier molecular flexibility index (Phi) is 4.32. The molecule has 2 nitrogen and oxygen atoms in total. The van der Waals surface area contributed by atoms with Gasteiger partial charge in [-0.2, -0.15) is 0 Å². The van der Waals surface area contributed by atoms with Crippen LogP contribution in [0, 0.1) is 17.3 Å². The smallest absolute Gasteiger partial charge is 0.0247 e. The average molecular weight is 260 g/mol. The summed E-state index contributed by atoms with van der Waals surface area (Å²) in [6.45, 7) is 9.27. The highest BCUT2D eigenvalue weighted by Gasteiger charge is 2.44. The van der Waals surface area contributed by atoms with E-state index in [0.717, 1.165) is 6.42 Å². The molecule has 0 spiro atoms. The molecule has 1 aliphatic rings. The van der Waals surface area contributed by atoms with Gasteiger partial charge in [-0.25, -0.2) is 0 Å². The SMILES string of the molecule is CC(CC(NN)C1CC1c1ccccc1)C(C)(C)C. The van der Waals surface area contributed by atoms with Crippen molar-refractivity contribution in [1.82, 2.24) is 5.43 Å². The molecule has 0 aliphatic heterocycles. The number of nitrogens with one attached hydrogen (secondary N) is 1. The zero-order chi connectivity index (χ0) is 14.0. The van der Waals surface area contributed by atoms with E-state index in [1.54, 1.807) is 0 Å². The van der Waals surface area contributed by atoms with Gasteiger partial charge < -0.3 is 0 Å². The summed E-state index contributed by atoms with van der Waals surface area (Å²) in [5.74, 6) is 7.88. The highest BCUT2D eigenvalue weighted by molar-refractivity contribution is 5.26. The Bertz CT molecular complexity index is 393. The number of hydrogen-bond acceptors (Lipinski definition) is 2. The van der Waals surface area contributed by atoms with Crippen LogP contribution in [-0.2, 0) is 0 Å². The van der Waals surface area contributed by atoms with Crippen LogP contribution in [0.5, 0.6) is 0 Å². The topological polar surface area (TPSA) is 38.0 Å². The van der Waals surface area contributed by atoms with Crippen molar-refractivity contribution in [3.63, 3.8) is 0 Å². The molecule has 1 fully saturated rings. The Labute approximate surface area is 117 Å². The lowest BCUT2D eigenvalue weighted by Crippen LogP contribution is -2.40. The van der Waals surface area contributed by atoms with Gasteiger partial charge in [0.1, 0.15) is 0 Å². The predicted molar refractivity (Wildman–Crippen MR) is 81.6 cm³/mol. The molecule has 0 aromatic heterocycles. The van der Waals surface area contributed by atoms with Crippen LogP contribution in [-0.4, -0.2) is 6.04 Å². The van der Waals surface area contributed by atoms with E-state index in [4.69, 9.17) is 5.84 Å². The van der Waals surface area contributed by atoms with Gasteiger partial charge in [-0.1, -0.05) is 58.0 Å². The zero-order valence-corrected chi connectivity index (χ0v) is 12.7. The first-order valence-corrected chi connectivity index (χ1v) is 7.44. The van der Waals surface area contributed by atoms with Gasteiger partial charge in [-0.05, 0) is 41.6 Å². The van der Waals surface area contributed by atoms with Gasteiger partial charge in [0, 0.05) is 6.04 Å². The minimum atomic E-state index is 0.353. The molecule has 1 aliphatic carbocycles. The molecule has 0 radical (unpaired) electrons. The fraction of sp³-hybridized carbons (Fsp3) is 0.647. The van der Waals surface area contributed by atoms with Crippen molar-refractivity contribution in [3.05, 3.63) is 35.9 Å². The molecule has 0 amide bonds. The van der Waals surface area contributed by atoms with Crippen LogP contribution in [0.25, 0.3) is 0 Å². The quantitative estimate of drug-likeness (QED) is 0.626. The molecule has 2 heteroatoms. The monoisotopic (exact) mass is 260 g/mol. The van der Waals surface area contributed by atoms with Gasteiger partial charge in [-0.3, -0.25) is 11.3 Å². The van der Waals surface area contributed by atoms with E-state index in [1.165, 1.54) is 12.0 Å². The van der Waals surface area contributed by atoms with Crippen molar-refractivity contribution < 1.29 is 0 Å². The first-order valence-electron chi connectivity index (χ1n) is 7.44. The fourth-order valence-corrected chi connectivity index (χ4v) is 2.84. The Balaban J connectivity index is 1.94. The highest BCUT2D eigenvalue weighted by Crippen LogP contribution is 2.51. The molecule has 1 aromatic carbocycles. The summed E-state index contributed by atoms with van der Waals surface area (Å²) in [5, 5.41) is 0. The first-order chi connectivity index (χ1) is 8.93. The lowest BCUT2D eigenvalue weighted by molar-refractivity contribution is 0.214. The third kappa shape index (κ3) is 3.58. The third-order valence-corrected chi connectivity index (χ3v) is 4.88. The Morgan fingerprint density at radius 1 is 1.26 bits per heavy atom. The molecule has 0 saturated heterocycles. The number of nitrogens with two attached hydrogens (primary N) is 1. The maximum atomic E-state index is 5.80. The van der Waals surface area contributed by atoms with Crippen LogP contribution in [0.2, 0.25) is 0 Å². The molecule has 106 valence electrons. The van der Waals surface area contributed by atoms with Crippen molar-refractivity contribution >= 4 is 0 Å². The second-order valence-corrected chi connectivity index (χ2v) is 7.19. The zero-order valence-electron chi connectivity index (χ0n) is 12.7. The van der Waals surface area contributed by atoms with Gasteiger partial charge in [0.05, 0.1) is 0 Å². The lowest BCUT2D eigenvalue weighted by atomic mass is 9.78. The summed E-state index contributed by atoms with van der Waals surface area (Å²) < 4.78 is 0. The van der Waals surface area contributed by atoms with Gasteiger partial charge in [0.2, 0.25) is 0 Å². The molecule has 3 N–H and O–H groups in total. The van der Waals surface area contributed by atoms with Crippen molar-refractivity contribution in [3.8, 4) is 0 Å². The van der Waals surface area contributed by atoms with E-state index in [0.29, 0.717) is 29.2 Å². The molecule has 1 saturated carbocycles. The van der Waals surface area contributed by atoms with Gasteiger partial charge >= 0.3 is 0 Å². The Morgan fingerprint density at radius 3 is 2.42 bits per heavy atom. The van der Waals surface area contributed by atoms with Crippen LogP contribution in [0.1, 0.15) is 52.0 Å². The maximum Gasteiger partial charge on any atom is 0.0247 e. The fourth-order valence-electron chi connectivity index (χ4n) is 2.84. The highest BCUT2D eigenvalue weighted by atomic mass is 15.2. The third-order valence-electron chi connectivity index (χ3n) is 4.88. The van der Waals surface area contributed by atoms with E-state index in [9.17, 15) is 0 Å². The number of benzene rings is 1. The summed E-state index contributed by atoms with van der Waals surface area (Å²) in [6.07, 6.45) is 2.43. The second-order valence-electron chi connectivity index (χ2n) is 7.19. The van der Waals surface area contributed by atoms with Crippen LogP contribution in [0.3, 0.4) is 0 Å². The predicted octanol–water partition coefficient (Wildman–Crippen LogP) is 3.69. The summed E-state index contributed by atoms with van der Waals surface area (Å²) >= 11 is 0. The molecular weight excluding hydrogens is 232 g/mol. The molecule has 0 bridgehead atoms. The average Bonchev–Trinajstić information content (AvgIpc) is 3.15. The number of hydrazine groups is 1. The van der Waals surface area contributed by atoms with Gasteiger partial charge in [0.15, 0.2) is 0 Å². The van der Waals surface area contributed by atoms with Crippen LogP contribution in [0.15, 0.2) is 30.3 Å². The van der Waals surface area contributed by atoms with E-state index in [-0.39, 0.29) is 0 Å². The van der Waals surface area contributed by atoms with Crippen LogP contribution in [0.4, 0.5) is 0 Å². The van der Waals surface area contributed by atoms with Crippen molar-refractivity contribution in [2.45, 2.75) is 52.5 Å². The minimum absolute atomic E-state index is 0.353. The Morgan fingerprint density at radius 2 is 1.89 bits per heavy atom. The summed E-state index contributed by atoms with van der Waals surface area (Å²) in [6, 6.07) is 11.3. The van der Waals surface area contributed by atoms with E-state index in [2.05, 4.69) is 63.5 Å². The minimum Gasteiger partial charge on any atom is -0.271 e. The Hall–Kier alpha value is -0.860. The van der Waals surface area contributed by atoms with E-state index >= 15 is 0 Å². The summed E-state index contributed by atoms with van der Waals surface area (Å²) in [4.78, 5) is 0. The number of rotatable bonds is 5. The van der Waals surface area contributed by atoms with E-state index < -0.39 is 0 Å². The van der Waals surface area contributed by atoms with E-state index in [1.807, 2.05) is 0 Å².